The molecule has 0 radical (unpaired) electrons. The van der Waals surface area contributed by atoms with Crippen molar-refractivity contribution in [1.29, 1.82) is 0 Å². The first-order chi connectivity index (χ1) is 18.8. The van der Waals surface area contributed by atoms with Gasteiger partial charge < -0.3 is 14.5 Å². The van der Waals surface area contributed by atoms with E-state index in [0.29, 0.717) is 5.56 Å². The number of halogens is 2. The first-order valence-corrected chi connectivity index (χ1v) is 14.7. The van der Waals surface area contributed by atoms with Gasteiger partial charge in [0.25, 0.3) is 0 Å². The highest BCUT2D eigenvalue weighted by molar-refractivity contribution is 9.10. The molecule has 1 aliphatic rings. The molecule has 0 N–H and O–H groups in total. The van der Waals surface area contributed by atoms with Gasteiger partial charge in [-0.3, -0.25) is 4.79 Å². The lowest BCUT2D eigenvalue weighted by atomic mass is 9.72. The molecule has 0 spiro atoms. The van der Waals surface area contributed by atoms with E-state index in [-0.39, 0.29) is 5.41 Å². The van der Waals surface area contributed by atoms with Gasteiger partial charge in [0.1, 0.15) is 12.0 Å². The van der Waals surface area contributed by atoms with E-state index in [4.69, 9.17) is 4.74 Å². The zero-order valence-corrected chi connectivity index (χ0v) is 25.6. The van der Waals surface area contributed by atoms with Crippen LogP contribution in [0.15, 0.2) is 93.9 Å². The number of methoxy groups -OCH3 is 1. The lowest BCUT2D eigenvalue weighted by molar-refractivity contribution is 0.112. The molecule has 0 bridgehead atoms. The van der Waals surface area contributed by atoms with Crippen LogP contribution in [0, 0.1) is 0 Å². The van der Waals surface area contributed by atoms with Crippen LogP contribution in [0.4, 0.5) is 11.4 Å². The van der Waals surface area contributed by atoms with Gasteiger partial charge in [-0.15, -0.1) is 0 Å². The van der Waals surface area contributed by atoms with Crippen LogP contribution in [0.25, 0.3) is 11.1 Å². The highest BCUT2D eigenvalue weighted by Gasteiger charge is 2.43. The van der Waals surface area contributed by atoms with Crippen molar-refractivity contribution in [2.45, 2.75) is 18.3 Å². The Morgan fingerprint density at radius 3 is 1.62 bits per heavy atom. The fourth-order valence-electron chi connectivity index (χ4n) is 5.72. The second-order valence-electron chi connectivity index (χ2n) is 10.2. The summed E-state index contributed by atoms with van der Waals surface area (Å²) in [5.41, 5.74) is 8.16. The van der Waals surface area contributed by atoms with Crippen molar-refractivity contribution in [3.05, 3.63) is 111 Å². The Bertz CT molecular complexity index is 1420. The molecule has 4 aromatic rings. The number of ether oxygens (including phenoxy) is 1. The highest BCUT2D eigenvalue weighted by atomic mass is 79.9. The normalized spacial score (nSPS) is 12.9. The minimum atomic E-state index is -0.171. The van der Waals surface area contributed by atoms with Crippen molar-refractivity contribution in [1.82, 2.24) is 0 Å². The van der Waals surface area contributed by atoms with Crippen molar-refractivity contribution >= 4 is 49.5 Å². The SMILES string of the molecule is COc1ccc(N(C)CCC2(CCN(C)c3ccc(C=O)cc3)c3cc(Br)ccc3-c3ccc(Br)cc32)cc1. The summed E-state index contributed by atoms with van der Waals surface area (Å²) in [5.74, 6) is 0.862. The number of hydrogen-bond acceptors (Lipinski definition) is 4. The fourth-order valence-corrected chi connectivity index (χ4v) is 6.44. The molecule has 0 aliphatic heterocycles. The molecule has 4 nitrogen and oxygen atoms in total. The molecule has 0 heterocycles. The lowest BCUT2D eigenvalue weighted by Gasteiger charge is -2.36. The van der Waals surface area contributed by atoms with Crippen LogP contribution < -0.4 is 14.5 Å². The van der Waals surface area contributed by atoms with E-state index in [1.54, 1.807) is 7.11 Å². The predicted molar refractivity (Wildman–Crippen MR) is 169 cm³/mol. The third-order valence-corrected chi connectivity index (χ3v) is 9.00. The quantitative estimate of drug-likeness (QED) is 0.162. The van der Waals surface area contributed by atoms with Crippen molar-refractivity contribution in [2.24, 2.45) is 0 Å². The average Bonchev–Trinajstić information content (AvgIpc) is 3.22. The molecule has 4 aromatic carbocycles. The van der Waals surface area contributed by atoms with Gasteiger partial charge in [-0.1, -0.05) is 44.0 Å². The largest absolute Gasteiger partial charge is 0.497 e. The molecule has 0 amide bonds. The molecule has 39 heavy (non-hydrogen) atoms. The van der Waals surface area contributed by atoms with Crippen LogP contribution in [0.5, 0.6) is 5.75 Å². The van der Waals surface area contributed by atoms with Crippen LogP contribution in [-0.2, 0) is 5.41 Å². The van der Waals surface area contributed by atoms with Crippen molar-refractivity contribution in [3.8, 4) is 16.9 Å². The summed E-state index contributed by atoms with van der Waals surface area (Å²) in [6.45, 7) is 1.76. The number of aldehydes is 1. The first-order valence-electron chi connectivity index (χ1n) is 13.1. The van der Waals surface area contributed by atoms with Crippen molar-refractivity contribution in [3.63, 3.8) is 0 Å². The topological polar surface area (TPSA) is 32.8 Å². The van der Waals surface area contributed by atoms with Gasteiger partial charge >= 0.3 is 0 Å². The maximum absolute atomic E-state index is 11.1. The molecule has 0 fully saturated rings. The van der Waals surface area contributed by atoms with Crippen molar-refractivity contribution < 1.29 is 9.53 Å². The highest BCUT2D eigenvalue weighted by Crippen LogP contribution is 2.54. The minimum absolute atomic E-state index is 0.171. The number of fused-ring (bicyclic) bond motifs is 3. The van der Waals surface area contributed by atoms with Crippen LogP contribution in [0.2, 0.25) is 0 Å². The number of carbonyl (C=O) groups is 1. The second kappa shape index (κ2) is 11.6. The Kier molecular flexibility index (Phi) is 8.15. The molecule has 0 saturated carbocycles. The first kappa shape index (κ1) is 27.5. The molecular formula is C33H32Br2N2O2. The van der Waals surface area contributed by atoms with E-state index in [1.807, 2.05) is 36.4 Å². The van der Waals surface area contributed by atoms with E-state index in [9.17, 15) is 4.79 Å². The summed E-state index contributed by atoms with van der Waals surface area (Å²) >= 11 is 7.53. The van der Waals surface area contributed by atoms with Crippen LogP contribution in [0.1, 0.15) is 34.3 Å². The van der Waals surface area contributed by atoms with Gasteiger partial charge in [-0.2, -0.15) is 0 Å². The van der Waals surface area contributed by atoms with Crippen LogP contribution in [0.3, 0.4) is 0 Å². The zero-order valence-electron chi connectivity index (χ0n) is 22.5. The smallest absolute Gasteiger partial charge is 0.150 e. The van der Waals surface area contributed by atoms with Gasteiger partial charge in [-0.25, -0.2) is 0 Å². The minimum Gasteiger partial charge on any atom is -0.497 e. The molecular weight excluding hydrogens is 616 g/mol. The molecule has 0 aromatic heterocycles. The predicted octanol–water partition coefficient (Wildman–Crippen LogP) is 8.35. The molecule has 0 unspecified atom stereocenters. The maximum Gasteiger partial charge on any atom is 0.150 e. The Balaban J connectivity index is 1.51. The van der Waals surface area contributed by atoms with Crippen LogP contribution in [-0.4, -0.2) is 40.6 Å². The summed E-state index contributed by atoms with van der Waals surface area (Å²) in [6, 6.07) is 29.5. The van der Waals surface area contributed by atoms with E-state index >= 15 is 0 Å². The third kappa shape index (κ3) is 5.50. The Labute approximate surface area is 247 Å². The summed E-state index contributed by atoms with van der Waals surface area (Å²) < 4.78 is 7.55. The Morgan fingerprint density at radius 1 is 0.718 bits per heavy atom. The average molecular weight is 648 g/mol. The van der Waals surface area contributed by atoms with E-state index < -0.39 is 0 Å². The summed E-state index contributed by atoms with van der Waals surface area (Å²) in [4.78, 5) is 15.8. The molecule has 200 valence electrons. The van der Waals surface area contributed by atoms with Gasteiger partial charge in [-0.05, 0) is 108 Å². The lowest BCUT2D eigenvalue weighted by Crippen LogP contribution is -2.35. The number of carbonyl (C=O) groups excluding carboxylic acids is 1. The molecule has 1 aliphatic carbocycles. The van der Waals surface area contributed by atoms with Gasteiger partial charge in [0, 0.05) is 58.5 Å². The summed E-state index contributed by atoms with van der Waals surface area (Å²) in [7, 11) is 5.99. The molecule has 0 atom stereocenters. The van der Waals surface area contributed by atoms with Crippen molar-refractivity contribution in [2.75, 3.05) is 44.1 Å². The maximum atomic E-state index is 11.1. The van der Waals surface area contributed by atoms with E-state index in [1.165, 1.54) is 27.9 Å². The van der Waals surface area contributed by atoms with Gasteiger partial charge in [0.15, 0.2) is 0 Å². The number of hydrogen-bond donors (Lipinski definition) is 0. The number of benzene rings is 4. The summed E-state index contributed by atoms with van der Waals surface area (Å²) in [6.07, 6.45) is 2.79. The monoisotopic (exact) mass is 646 g/mol. The molecule has 6 heteroatoms. The number of nitrogens with zero attached hydrogens (tertiary/aromatic N) is 2. The standard InChI is InChI=1S/C33H32Br2N2O2/c1-36(26-8-4-23(22-38)5-9-26)18-16-33(17-19-37(2)27-10-12-28(39-3)13-11-27)31-20-24(34)6-14-29(31)30-15-7-25(35)21-32(30)33/h4-15,20-22H,16-19H2,1-3H3. The zero-order chi connectivity index (χ0) is 27.6. The molecule has 5 rings (SSSR count). The molecule has 0 saturated heterocycles. The van der Waals surface area contributed by atoms with Crippen LogP contribution >= 0.6 is 31.9 Å². The van der Waals surface area contributed by atoms with Gasteiger partial charge in [0.2, 0.25) is 0 Å². The second-order valence-corrected chi connectivity index (χ2v) is 12.0. The fraction of sp³-hybridized carbons (Fsp3) is 0.242. The number of anilines is 2. The van der Waals surface area contributed by atoms with E-state index in [0.717, 1.165) is 52.6 Å². The summed E-state index contributed by atoms with van der Waals surface area (Å²) in [5, 5.41) is 0. The number of rotatable bonds is 10. The third-order valence-electron chi connectivity index (χ3n) is 8.02. The van der Waals surface area contributed by atoms with E-state index in [2.05, 4.69) is 104 Å². The Morgan fingerprint density at radius 2 is 1.18 bits per heavy atom. The van der Waals surface area contributed by atoms with Gasteiger partial charge in [0.05, 0.1) is 7.11 Å². The Hall–Kier alpha value is -3.09.